The summed E-state index contributed by atoms with van der Waals surface area (Å²) in [5, 5.41) is 7.57. The van der Waals surface area contributed by atoms with Gasteiger partial charge in [0.2, 0.25) is 5.91 Å². The van der Waals surface area contributed by atoms with E-state index < -0.39 is 11.6 Å². The van der Waals surface area contributed by atoms with Gasteiger partial charge in [-0.2, -0.15) is 5.10 Å². The summed E-state index contributed by atoms with van der Waals surface area (Å²) in [5.74, 6) is -0.708. The lowest BCUT2D eigenvalue weighted by Crippen LogP contribution is -2.43. The van der Waals surface area contributed by atoms with E-state index in [2.05, 4.69) is 15.2 Å². The van der Waals surface area contributed by atoms with Crippen LogP contribution in [0.3, 0.4) is 0 Å². The van der Waals surface area contributed by atoms with Gasteiger partial charge in [-0.25, -0.2) is 18.3 Å². The molecule has 1 aliphatic carbocycles. The first kappa shape index (κ1) is 19.9. The molecule has 1 fully saturated rings. The Morgan fingerprint density at radius 1 is 1.19 bits per heavy atom. The number of anilines is 1. The third-order valence-electron chi connectivity index (χ3n) is 6.36. The van der Waals surface area contributed by atoms with Gasteiger partial charge in [-0.3, -0.25) is 4.79 Å². The number of amides is 1. The van der Waals surface area contributed by atoms with Crippen LogP contribution in [-0.2, 0) is 24.2 Å². The molecule has 0 unspecified atom stereocenters. The second-order valence-electron chi connectivity index (χ2n) is 8.42. The highest BCUT2D eigenvalue weighted by Crippen LogP contribution is 2.32. The second kappa shape index (κ2) is 8.24. The van der Waals surface area contributed by atoms with E-state index >= 15 is 0 Å². The van der Waals surface area contributed by atoms with Crippen molar-refractivity contribution in [1.29, 1.82) is 0 Å². The monoisotopic (exact) mass is 425 g/mol. The molecular weight excluding hydrogens is 400 g/mol. The van der Waals surface area contributed by atoms with Gasteiger partial charge in [0.25, 0.3) is 0 Å². The van der Waals surface area contributed by atoms with Gasteiger partial charge >= 0.3 is 0 Å². The first-order valence-electron chi connectivity index (χ1n) is 10.9. The van der Waals surface area contributed by atoms with Crippen LogP contribution < -0.4 is 10.2 Å². The number of aryl methyl sites for hydroxylation is 2. The number of fused-ring (bicyclic) bond motifs is 3. The van der Waals surface area contributed by atoms with E-state index in [1.165, 1.54) is 24.1 Å². The number of hydrogen-bond donors (Lipinski definition) is 1. The Morgan fingerprint density at radius 2 is 2.06 bits per heavy atom. The molecule has 0 radical (unpaired) electrons. The zero-order chi connectivity index (χ0) is 21.4. The average Bonchev–Trinajstić information content (AvgIpc) is 3.17. The lowest BCUT2D eigenvalue weighted by molar-refractivity contribution is -0.125. The first-order valence-corrected chi connectivity index (χ1v) is 10.9. The van der Waals surface area contributed by atoms with Crippen LogP contribution in [0.5, 0.6) is 0 Å². The molecule has 3 heterocycles. The first-order chi connectivity index (χ1) is 15.1. The fourth-order valence-corrected chi connectivity index (χ4v) is 4.75. The minimum atomic E-state index is -0.646. The molecule has 1 aromatic carbocycles. The highest BCUT2D eigenvalue weighted by Gasteiger charge is 2.29. The zero-order valence-electron chi connectivity index (χ0n) is 17.3. The van der Waals surface area contributed by atoms with Gasteiger partial charge in [0.1, 0.15) is 17.2 Å². The molecule has 5 rings (SSSR count). The molecule has 8 heteroatoms. The van der Waals surface area contributed by atoms with E-state index in [0.29, 0.717) is 6.54 Å². The van der Waals surface area contributed by atoms with Crippen LogP contribution >= 0.6 is 0 Å². The molecule has 1 amide bonds. The normalized spacial score (nSPS) is 18.8. The van der Waals surface area contributed by atoms with Crippen LogP contribution in [0.15, 0.2) is 30.6 Å². The van der Waals surface area contributed by atoms with Crippen molar-refractivity contribution in [2.75, 3.05) is 18.0 Å². The van der Waals surface area contributed by atoms with Crippen molar-refractivity contribution in [2.45, 2.75) is 45.1 Å². The van der Waals surface area contributed by atoms with Crippen molar-refractivity contribution in [3.8, 4) is 0 Å². The van der Waals surface area contributed by atoms with E-state index in [4.69, 9.17) is 5.10 Å². The fraction of sp³-hybridized carbons (Fsp3) is 0.435. The summed E-state index contributed by atoms with van der Waals surface area (Å²) in [4.78, 5) is 19.6. The quantitative estimate of drug-likeness (QED) is 0.696. The minimum Gasteiger partial charge on any atom is -0.354 e. The van der Waals surface area contributed by atoms with E-state index in [1.54, 1.807) is 6.20 Å². The van der Waals surface area contributed by atoms with Gasteiger partial charge in [0, 0.05) is 49.2 Å². The molecule has 0 bridgehead atoms. The number of aromatic nitrogens is 3. The molecule has 6 nitrogen and oxygen atoms in total. The number of rotatable bonds is 4. The lowest BCUT2D eigenvalue weighted by Gasteiger charge is -2.33. The smallest absolute Gasteiger partial charge is 0.225 e. The van der Waals surface area contributed by atoms with Crippen LogP contribution in [0.1, 0.15) is 42.5 Å². The van der Waals surface area contributed by atoms with Crippen LogP contribution in [0.25, 0.3) is 5.52 Å². The molecule has 1 saturated heterocycles. The molecule has 3 aromatic rings. The maximum Gasteiger partial charge on any atom is 0.225 e. The Labute approximate surface area is 179 Å². The maximum absolute atomic E-state index is 13.9. The van der Waals surface area contributed by atoms with Gasteiger partial charge in [-0.05, 0) is 44.6 Å². The molecule has 1 N–H and O–H groups in total. The highest BCUT2D eigenvalue weighted by atomic mass is 19.1. The lowest BCUT2D eigenvalue weighted by atomic mass is 9.95. The number of hydrogen-bond acceptors (Lipinski definition) is 4. The van der Waals surface area contributed by atoms with Crippen molar-refractivity contribution in [3.63, 3.8) is 0 Å². The van der Waals surface area contributed by atoms with Crippen molar-refractivity contribution in [2.24, 2.45) is 5.92 Å². The number of halogens is 2. The van der Waals surface area contributed by atoms with E-state index in [-0.39, 0.29) is 23.9 Å². The van der Waals surface area contributed by atoms with Crippen LogP contribution in [0.2, 0.25) is 0 Å². The Bertz CT molecular complexity index is 1130. The SMILES string of the molecule is O=C(NCc1ccc(F)cc1F)[C@H]1CCCN(c2nccn3nc4c(c23)CCCC4)C1. The number of carbonyl (C=O) groups excluding carboxylic acids is 1. The van der Waals surface area contributed by atoms with Crippen LogP contribution in [-0.4, -0.2) is 33.6 Å². The van der Waals surface area contributed by atoms with E-state index in [0.717, 1.165) is 61.7 Å². The summed E-state index contributed by atoms with van der Waals surface area (Å²) in [6.45, 7) is 1.44. The molecule has 0 spiro atoms. The summed E-state index contributed by atoms with van der Waals surface area (Å²) in [7, 11) is 0. The number of benzene rings is 1. The van der Waals surface area contributed by atoms with E-state index in [1.807, 2.05) is 10.7 Å². The Hall–Kier alpha value is -3.03. The summed E-state index contributed by atoms with van der Waals surface area (Å²) >= 11 is 0. The maximum atomic E-state index is 13.9. The third-order valence-corrected chi connectivity index (χ3v) is 6.36. The van der Waals surface area contributed by atoms with Gasteiger partial charge in [0.15, 0.2) is 5.82 Å². The Morgan fingerprint density at radius 3 is 2.94 bits per heavy atom. The Balaban J connectivity index is 1.32. The second-order valence-corrected chi connectivity index (χ2v) is 8.42. The van der Waals surface area contributed by atoms with Crippen LogP contribution in [0, 0.1) is 17.6 Å². The van der Waals surface area contributed by atoms with Crippen molar-refractivity contribution < 1.29 is 13.6 Å². The largest absolute Gasteiger partial charge is 0.354 e. The summed E-state index contributed by atoms with van der Waals surface area (Å²) in [5.41, 5.74) is 3.78. The van der Waals surface area contributed by atoms with E-state index in [9.17, 15) is 13.6 Å². The molecular formula is C23H25F2N5O. The van der Waals surface area contributed by atoms with Crippen LogP contribution in [0.4, 0.5) is 14.6 Å². The average molecular weight is 425 g/mol. The van der Waals surface area contributed by atoms with Crippen molar-refractivity contribution in [3.05, 3.63) is 59.0 Å². The molecule has 2 aliphatic rings. The van der Waals surface area contributed by atoms with Gasteiger partial charge in [0.05, 0.1) is 11.6 Å². The van der Waals surface area contributed by atoms with Gasteiger partial charge in [-0.15, -0.1) is 0 Å². The third kappa shape index (κ3) is 3.86. The molecule has 2 aromatic heterocycles. The topological polar surface area (TPSA) is 62.5 Å². The Kier molecular flexibility index (Phi) is 5.29. The van der Waals surface area contributed by atoms with Crippen molar-refractivity contribution >= 4 is 17.2 Å². The van der Waals surface area contributed by atoms with Gasteiger partial charge in [-0.1, -0.05) is 6.07 Å². The number of nitrogens with zero attached hydrogens (tertiary/aromatic N) is 4. The van der Waals surface area contributed by atoms with Gasteiger partial charge < -0.3 is 10.2 Å². The predicted molar refractivity (Wildman–Crippen MR) is 113 cm³/mol. The summed E-state index contributed by atoms with van der Waals surface area (Å²) < 4.78 is 28.9. The predicted octanol–water partition coefficient (Wildman–Crippen LogP) is 3.42. The number of nitrogens with one attached hydrogen (secondary N) is 1. The molecule has 1 atom stereocenters. The fourth-order valence-electron chi connectivity index (χ4n) is 4.75. The summed E-state index contributed by atoms with van der Waals surface area (Å²) in [6, 6.07) is 3.40. The standard InChI is InChI=1S/C23H25F2N5O/c24-17-8-7-15(19(25)12-17)13-27-23(31)16-4-3-10-29(14-16)22-21-18-5-1-2-6-20(18)28-30(21)11-9-26-22/h7-9,11-12,16H,1-6,10,13-14H2,(H,27,31)/t16-/m0/s1. The van der Waals surface area contributed by atoms with Crippen molar-refractivity contribution in [1.82, 2.24) is 19.9 Å². The summed E-state index contributed by atoms with van der Waals surface area (Å²) in [6.07, 6.45) is 9.65. The molecule has 0 saturated carbocycles. The number of carbonyl (C=O) groups is 1. The minimum absolute atomic E-state index is 0.0470. The molecule has 1 aliphatic heterocycles. The highest BCUT2D eigenvalue weighted by molar-refractivity contribution is 5.80. The molecule has 162 valence electrons. The zero-order valence-corrected chi connectivity index (χ0v) is 17.3. The molecule has 31 heavy (non-hydrogen) atoms. The number of piperidine rings is 1.